The molecular formula is C23H25ClN4O5. The van der Waals surface area contributed by atoms with Gasteiger partial charge in [-0.25, -0.2) is 0 Å². The lowest BCUT2D eigenvalue weighted by atomic mass is 10.00. The third kappa shape index (κ3) is 5.43. The fourth-order valence-electron chi connectivity index (χ4n) is 3.75. The number of benzene rings is 2. The number of hydrogen-bond donors (Lipinski definition) is 3. The Bertz CT molecular complexity index is 1060. The SMILES string of the molecule is CCCN1C(=O)C(=O)N(C(CC(=O)O)c2ccccc2Cl)CC1Oc1ccc(C(=N)N)cc1. The van der Waals surface area contributed by atoms with Crippen LogP contribution in [-0.4, -0.2) is 57.8 Å². The summed E-state index contributed by atoms with van der Waals surface area (Å²) in [6, 6.07) is 12.2. The van der Waals surface area contributed by atoms with Crippen LogP contribution in [0.15, 0.2) is 48.5 Å². The summed E-state index contributed by atoms with van der Waals surface area (Å²) in [4.78, 5) is 40.2. The largest absolute Gasteiger partial charge is 0.481 e. The molecule has 9 nitrogen and oxygen atoms in total. The van der Waals surface area contributed by atoms with Crippen LogP contribution in [0.4, 0.5) is 0 Å². The lowest BCUT2D eigenvalue weighted by Gasteiger charge is -2.43. The van der Waals surface area contributed by atoms with E-state index in [0.717, 1.165) is 0 Å². The van der Waals surface area contributed by atoms with Gasteiger partial charge in [0.2, 0.25) is 0 Å². The van der Waals surface area contributed by atoms with Gasteiger partial charge in [-0.1, -0.05) is 36.7 Å². The molecule has 33 heavy (non-hydrogen) atoms. The predicted molar refractivity (Wildman–Crippen MR) is 122 cm³/mol. The number of carboxylic acid groups (broad SMARTS) is 1. The second-order valence-corrected chi connectivity index (χ2v) is 8.01. The minimum Gasteiger partial charge on any atom is -0.481 e. The number of rotatable bonds is 9. The molecule has 0 saturated carbocycles. The van der Waals surface area contributed by atoms with Crippen molar-refractivity contribution >= 4 is 35.2 Å². The van der Waals surface area contributed by atoms with E-state index in [1.165, 1.54) is 9.80 Å². The Morgan fingerprint density at radius 1 is 1.21 bits per heavy atom. The molecule has 2 atom stereocenters. The summed E-state index contributed by atoms with van der Waals surface area (Å²) < 4.78 is 6.04. The Balaban J connectivity index is 1.95. The fourth-order valence-corrected chi connectivity index (χ4v) is 4.01. The summed E-state index contributed by atoms with van der Waals surface area (Å²) in [6.45, 7) is 2.13. The van der Waals surface area contributed by atoms with Crippen LogP contribution in [0.25, 0.3) is 0 Å². The van der Waals surface area contributed by atoms with Crippen molar-refractivity contribution in [1.82, 2.24) is 9.80 Å². The third-order valence-electron chi connectivity index (χ3n) is 5.32. The molecule has 2 unspecified atom stereocenters. The number of hydrogen-bond acceptors (Lipinski definition) is 5. The number of piperazine rings is 1. The second-order valence-electron chi connectivity index (χ2n) is 7.60. The van der Waals surface area contributed by atoms with Gasteiger partial charge in [-0.3, -0.25) is 24.7 Å². The molecule has 0 spiro atoms. The van der Waals surface area contributed by atoms with Gasteiger partial charge in [0, 0.05) is 17.1 Å². The molecule has 2 aromatic carbocycles. The number of carbonyl (C=O) groups is 3. The number of nitrogens with two attached hydrogens (primary N) is 1. The summed E-state index contributed by atoms with van der Waals surface area (Å²) in [5.74, 6) is -2.37. The van der Waals surface area contributed by atoms with Gasteiger partial charge in [-0.2, -0.15) is 0 Å². The van der Waals surface area contributed by atoms with E-state index >= 15 is 0 Å². The molecule has 2 amide bonds. The molecule has 0 radical (unpaired) electrons. The quantitative estimate of drug-likeness (QED) is 0.291. The van der Waals surface area contributed by atoms with E-state index in [9.17, 15) is 19.5 Å². The van der Waals surface area contributed by atoms with E-state index in [2.05, 4.69) is 0 Å². The first kappa shape index (κ1) is 24.1. The Morgan fingerprint density at radius 3 is 2.45 bits per heavy atom. The van der Waals surface area contributed by atoms with Crippen molar-refractivity contribution in [3.05, 3.63) is 64.7 Å². The van der Waals surface area contributed by atoms with Crippen molar-refractivity contribution in [3.8, 4) is 5.75 Å². The van der Waals surface area contributed by atoms with Crippen molar-refractivity contribution < 1.29 is 24.2 Å². The van der Waals surface area contributed by atoms with Gasteiger partial charge in [-0.05, 0) is 42.3 Å². The van der Waals surface area contributed by atoms with Gasteiger partial charge in [0.1, 0.15) is 11.6 Å². The Hall–Kier alpha value is -3.59. The zero-order valence-electron chi connectivity index (χ0n) is 18.0. The molecule has 1 saturated heterocycles. The van der Waals surface area contributed by atoms with Gasteiger partial charge < -0.3 is 20.5 Å². The number of amidine groups is 1. The van der Waals surface area contributed by atoms with E-state index in [1.807, 2.05) is 6.92 Å². The standard InChI is InChI=1S/C23H25ClN4O5/c1-2-11-27-19(33-15-9-7-14(8-10-15)21(25)26)13-28(23(32)22(27)31)18(12-20(29)30)16-5-3-4-6-17(16)24/h3-10,18-19H,2,11-13H2,1H3,(H3,25,26)(H,29,30). The van der Waals surface area contributed by atoms with Crippen LogP contribution in [0.2, 0.25) is 5.02 Å². The first-order valence-electron chi connectivity index (χ1n) is 10.4. The summed E-state index contributed by atoms with van der Waals surface area (Å²) in [5.41, 5.74) is 6.45. The minimum atomic E-state index is -1.13. The maximum absolute atomic E-state index is 13.0. The maximum Gasteiger partial charge on any atom is 0.315 e. The molecule has 0 aromatic heterocycles. The summed E-state index contributed by atoms with van der Waals surface area (Å²) >= 11 is 6.31. The second kappa shape index (κ2) is 10.4. The Labute approximate surface area is 196 Å². The zero-order chi connectivity index (χ0) is 24.1. The first-order chi connectivity index (χ1) is 15.7. The van der Waals surface area contributed by atoms with Gasteiger partial charge in [0.15, 0.2) is 6.23 Å². The summed E-state index contributed by atoms with van der Waals surface area (Å²) in [5, 5.41) is 17.3. The van der Waals surface area contributed by atoms with Crippen molar-refractivity contribution in [2.45, 2.75) is 32.0 Å². The van der Waals surface area contributed by atoms with Crippen LogP contribution in [0.5, 0.6) is 5.75 Å². The zero-order valence-corrected chi connectivity index (χ0v) is 18.8. The Kier molecular flexibility index (Phi) is 7.55. The molecule has 1 heterocycles. The van der Waals surface area contributed by atoms with Crippen LogP contribution in [0.3, 0.4) is 0 Å². The molecule has 3 rings (SSSR count). The number of nitrogens with one attached hydrogen (secondary N) is 1. The number of nitrogen functional groups attached to an aromatic ring is 1. The van der Waals surface area contributed by atoms with Crippen LogP contribution in [0, 0.1) is 5.41 Å². The smallest absolute Gasteiger partial charge is 0.315 e. The highest BCUT2D eigenvalue weighted by Crippen LogP contribution is 2.33. The van der Waals surface area contributed by atoms with Crippen LogP contribution >= 0.6 is 11.6 Å². The van der Waals surface area contributed by atoms with E-state index in [-0.39, 0.29) is 12.4 Å². The number of amides is 2. The van der Waals surface area contributed by atoms with Gasteiger partial charge in [-0.15, -0.1) is 0 Å². The van der Waals surface area contributed by atoms with Crippen molar-refractivity contribution in [1.29, 1.82) is 5.41 Å². The lowest BCUT2D eigenvalue weighted by Crippen LogP contribution is -2.62. The first-order valence-corrected chi connectivity index (χ1v) is 10.8. The monoisotopic (exact) mass is 472 g/mol. The lowest BCUT2D eigenvalue weighted by molar-refractivity contribution is -0.169. The normalized spacial score (nSPS) is 17.1. The molecule has 1 fully saturated rings. The van der Waals surface area contributed by atoms with E-state index in [4.69, 9.17) is 27.5 Å². The number of carbonyl (C=O) groups excluding carboxylic acids is 2. The number of nitrogens with zero attached hydrogens (tertiary/aromatic N) is 2. The van der Waals surface area contributed by atoms with Gasteiger partial charge >= 0.3 is 17.8 Å². The number of halogens is 1. The highest BCUT2D eigenvalue weighted by Gasteiger charge is 2.43. The average Bonchev–Trinajstić information content (AvgIpc) is 2.78. The predicted octanol–water partition coefficient (Wildman–Crippen LogP) is 2.63. The number of ether oxygens (including phenoxy) is 1. The summed E-state index contributed by atoms with van der Waals surface area (Å²) in [7, 11) is 0. The fraction of sp³-hybridized carbons (Fsp3) is 0.304. The van der Waals surface area contributed by atoms with E-state index in [1.54, 1.807) is 48.5 Å². The molecule has 0 bridgehead atoms. The highest BCUT2D eigenvalue weighted by molar-refractivity contribution is 6.35. The van der Waals surface area contributed by atoms with Crippen LogP contribution in [-0.2, 0) is 14.4 Å². The van der Waals surface area contributed by atoms with Crippen LogP contribution < -0.4 is 10.5 Å². The van der Waals surface area contributed by atoms with Crippen LogP contribution in [0.1, 0.15) is 36.9 Å². The molecule has 1 aliphatic heterocycles. The molecule has 2 aromatic rings. The van der Waals surface area contributed by atoms with E-state index in [0.29, 0.717) is 34.9 Å². The van der Waals surface area contributed by atoms with Crippen molar-refractivity contribution in [2.75, 3.05) is 13.1 Å². The topological polar surface area (TPSA) is 137 Å². The van der Waals surface area contributed by atoms with Gasteiger partial charge in [0.05, 0.1) is 19.0 Å². The highest BCUT2D eigenvalue weighted by atomic mass is 35.5. The van der Waals surface area contributed by atoms with Gasteiger partial charge in [0.25, 0.3) is 0 Å². The minimum absolute atomic E-state index is 0.0395. The molecule has 174 valence electrons. The third-order valence-corrected chi connectivity index (χ3v) is 5.66. The van der Waals surface area contributed by atoms with Crippen molar-refractivity contribution in [3.63, 3.8) is 0 Å². The summed E-state index contributed by atoms with van der Waals surface area (Å²) in [6.07, 6.45) is -0.654. The molecular weight excluding hydrogens is 448 g/mol. The average molecular weight is 473 g/mol. The molecule has 0 aliphatic carbocycles. The molecule has 4 N–H and O–H groups in total. The number of carboxylic acids is 1. The number of aliphatic carboxylic acids is 1. The maximum atomic E-state index is 13.0. The molecule has 10 heteroatoms. The van der Waals surface area contributed by atoms with Crippen molar-refractivity contribution in [2.24, 2.45) is 5.73 Å². The van der Waals surface area contributed by atoms with E-state index < -0.39 is 36.5 Å². The Morgan fingerprint density at radius 2 is 1.88 bits per heavy atom. The molecule has 1 aliphatic rings.